The van der Waals surface area contributed by atoms with Crippen LogP contribution >= 0.6 is 24.0 Å². The van der Waals surface area contributed by atoms with Gasteiger partial charge in [-0.15, -0.1) is 24.0 Å². The predicted molar refractivity (Wildman–Crippen MR) is 118 cm³/mol. The van der Waals surface area contributed by atoms with Crippen LogP contribution in [0, 0.1) is 0 Å². The van der Waals surface area contributed by atoms with Crippen molar-refractivity contribution in [3.05, 3.63) is 0 Å². The quantitative estimate of drug-likeness (QED) is 0.343. The Morgan fingerprint density at radius 3 is 2.57 bits per heavy atom. The van der Waals surface area contributed by atoms with Crippen LogP contribution in [0.25, 0.3) is 0 Å². The highest BCUT2D eigenvalue weighted by Crippen LogP contribution is 2.36. The molecule has 0 aromatic heterocycles. The van der Waals surface area contributed by atoms with Gasteiger partial charge in [-0.25, -0.2) is 4.79 Å². The van der Waals surface area contributed by atoms with E-state index in [1.54, 1.807) is 4.90 Å². The highest BCUT2D eigenvalue weighted by molar-refractivity contribution is 14.0. The normalized spacial score (nSPS) is 25.8. The number of ether oxygens (including phenoxy) is 3. The number of hydrogen-bond acceptors (Lipinski definition) is 5. The Kier molecular flexibility index (Phi) is 9.55. The Labute approximate surface area is 184 Å². The summed E-state index contributed by atoms with van der Waals surface area (Å²) in [5, 5.41) is 3.27. The molecule has 1 spiro atoms. The van der Waals surface area contributed by atoms with Crippen LogP contribution in [0.3, 0.4) is 0 Å². The third-order valence-corrected chi connectivity index (χ3v) is 5.62. The molecule has 1 atom stereocenters. The number of amides is 1. The third-order valence-electron chi connectivity index (χ3n) is 5.62. The Morgan fingerprint density at radius 2 is 1.93 bits per heavy atom. The monoisotopic (exact) mass is 510 g/mol. The molecular formula is C19H35IN4O4. The molecule has 0 radical (unpaired) electrons. The number of likely N-dealkylation sites (tertiary alicyclic amines) is 1. The van der Waals surface area contributed by atoms with Crippen LogP contribution in [0.1, 0.15) is 58.3 Å². The average molecular weight is 510 g/mol. The summed E-state index contributed by atoms with van der Waals surface area (Å²) in [5.41, 5.74) is 6.06. The van der Waals surface area contributed by atoms with E-state index in [2.05, 4.69) is 10.3 Å². The summed E-state index contributed by atoms with van der Waals surface area (Å²) in [5.74, 6) is 0.0636. The van der Waals surface area contributed by atoms with Crippen LogP contribution in [0.15, 0.2) is 4.99 Å². The Bertz CT molecular complexity index is 518. The molecular weight excluding hydrogens is 475 g/mol. The summed E-state index contributed by atoms with van der Waals surface area (Å²) in [4.78, 5) is 17.9. The van der Waals surface area contributed by atoms with Gasteiger partial charge in [-0.2, -0.15) is 0 Å². The van der Waals surface area contributed by atoms with Crippen LogP contribution in [0.4, 0.5) is 4.79 Å². The van der Waals surface area contributed by atoms with Crippen molar-refractivity contribution in [1.82, 2.24) is 10.2 Å². The van der Waals surface area contributed by atoms with Gasteiger partial charge in [0.1, 0.15) is 6.10 Å². The molecule has 1 saturated carbocycles. The molecule has 2 heterocycles. The van der Waals surface area contributed by atoms with Gasteiger partial charge in [-0.1, -0.05) is 12.8 Å². The van der Waals surface area contributed by atoms with E-state index in [0.29, 0.717) is 38.8 Å². The fraction of sp³-hybridized carbons (Fsp3) is 0.895. The molecule has 3 aliphatic rings. The number of aliphatic imine (C=N–C) groups is 1. The van der Waals surface area contributed by atoms with Crippen LogP contribution in [0.5, 0.6) is 0 Å². The summed E-state index contributed by atoms with van der Waals surface area (Å²) >= 11 is 0. The molecule has 0 bridgehead atoms. The van der Waals surface area contributed by atoms with Crippen molar-refractivity contribution in [1.29, 1.82) is 0 Å². The van der Waals surface area contributed by atoms with Gasteiger partial charge in [-0.05, 0) is 32.6 Å². The number of rotatable bonds is 4. The van der Waals surface area contributed by atoms with Crippen LogP contribution in [-0.4, -0.2) is 67.7 Å². The SMILES string of the molecule is CCOC(=O)N1CCC(NC(N)=NCC2COC3(CCCCCC3)O2)CC1.I. The second kappa shape index (κ2) is 11.4. The second-order valence-corrected chi connectivity index (χ2v) is 7.71. The molecule has 162 valence electrons. The van der Waals surface area contributed by atoms with E-state index in [4.69, 9.17) is 19.9 Å². The predicted octanol–water partition coefficient (Wildman–Crippen LogP) is 2.60. The standard InChI is InChI=1S/C19H34N4O4.HI/c1-2-25-18(24)23-11-7-15(8-12-23)22-17(20)21-13-16-14-26-19(27-16)9-5-3-4-6-10-19;/h15-16H,2-14H2,1H3,(H3,20,21,22);1H. The lowest BCUT2D eigenvalue weighted by Gasteiger charge is -2.31. The number of nitrogens with two attached hydrogens (primary N) is 1. The van der Waals surface area contributed by atoms with Crippen molar-refractivity contribution >= 4 is 36.0 Å². The fourth-order valence-electron chi connectivity index (χ4n) is 4.11. The zero-order valence-electron chi connectivity index (χ0n) is 16.9. The van der Waals surface area contributed by atoms with Gasteiger partial charge in [0.05, 0.1) is 19.8 Å². The number of guanidine groups is 1. The number of nitrogens with zero attached hydrogens (tertiary/aromatic N) is 2. The zero-order valence-corrected chi connectivity index (χ0v) is 19.2. The molecule has 1 aliphatic carbocycles. The molecule has 2 saturated heterocycles. The average Bonchev–Trinajstić information content (AvgIpc) is 2.92. The molecule has 3 fully saturated rings. The van der Waals surface area contributed by atoms with Crippen molar-refractivity contribution in [2.24, 2.45) is 10.7 Å². The van der Waals surface area contributed by atoms with Crippen molar-refractivity contribution in [3.63, 3.8) is 0 Å². The lowest BCUT2D eigenvalue weighted by atomic mass is 10.1. The van der Waals surface area contributed by atoms with Crippen molar-refractivity contribution in [2.45, 2.75) is 76.2 Å². The number of piperidine rings is 1. The van der Waals surface area contributed by atoms with Crippen molar-refractivity contribution < 1.29 is 19.0 Å². The minimum absolute atomic E-state index is 0. The summed E-state index contributed by atoms with van der Waals surface area (Å²) in [6, 6.07) is 0.230. The van der Waals surface area contributed by atoms with Crippen LogP contribution < -0.4 is 11.1 Å². The van der Waals surface area contributed by atoms with E-state index in [9.17, 15) is 4.79 Å². The van der Waals surface area contributed by atoms with Gasteiger partial charge in [-0.3, -0.25) is 4.99 Å². The molecule has 3 N–H and O–H groups in total. The summed E-state index contributed by atoms with van der Waals surface area (Å²) in [6.07, 6.45) is 8.26. The maximum Gasteiger partial charge on any atom is 0.409 e. The summed E-state index contributed by atoms with van der Waals surface area (Å²) in [7, 11) is 0. The topological polar surface area (TPSA) is 98.4 Å². The van der Waals surface area contributed by atoms with E-state index >= 15 is 0 Å². The smallest absolute Gasteiger partial charge is 0.409 e. The Morgan fingerprint density at radius 1 is 1.25 bits per heavy atom. The number of hydrogen-bond donors (Lipinski definition) is 2. The number of carbonyl (C=O) groups is 1. The zero-order chi connectivity index (χ0) is 19.1. The highest BCUT2D eigenvalue weighted by Gasteiger charge is 2.41. The third kappa shape index (κ3) is 6.62. The van der Waals surface area contributed by atoms with Crippen molar-refractivity contribution in [3.8, 4) is 0 Å². The summed E-state index contributed by atoms with van der Waals surface area (Å²) < 4.78 is 17.3. The number of halogens is 1. The fourth-order valence-corrected chi connectivity index (χ4v) is 4.11. The van der Waals surface area contributed by atoms with Crippen molar-refractivity contribution in [2.75, 3.05) is 32.8 Å². The van der Waals surface area contributed by atoms with Gasteiger partial charge in [0.25, 0.3) is 0 Å². The Balaban J connectivity index is 0.00000280. The van der Waals surface area contributed by atoms with Crippen LogP contribution in [-0.2, 0) is 14.2 Å². The molecule has 0 aromatic carbocycles. The van der Waals surface area contributed by atoms with Crippen LogP contribution in [0.2, 0.25) is 0 Å². The van der Waals surface area contributed by atoms with E-state index in [0.717, 1.165) is 25.7 Å². The van der Waals surface area contributed by atoms with Gasteiger partial charge in [0.15, 0.2) is 11.7 Å². The molecule has 1 amide bonds. The molecule has 0 aromatic rings. The Hall–Kier alpha value is -0.810. The van der Waals surface area contributed by atoms with E-state index < -0.39 is 0 Å². The lowest BCUT2D eigenvalue weighted by Crippen LogP contribution is -2.48. The molecule has 9 heteroatoms. The maximum atomic E-state index is 11.7. The van der Waals surface area contributed by atoms with E-state index in [1.807, 2.05) is 6.92 Å². The number of nitrogens with one attached hydrogen (secondary N) is 1. The minimum atomic E-state index is -0.376. The number of carbonyl (C=O) groups excluding carboxylic acids is 1. The van der Waals surface area contributed by atoms with Gasteiger partial charge >= 0.3 is 6.09 Å². The van der Waals surface area contributed by atoms with Gasteiger partial charge in [0.2, 0.25) is 0 Å². The molecule has 1 unspecified atom stereocenters. The largest absolute Gasteiger partial charge is 0.450 e. The first-order valence-corrected chi connectivity index (χ1v) is 10.4. The first-order chi connectivity index (χ1) is 13.1. The minimum Gasteiger partial charge on any atom is -0.450 e. The molecule has 28 heavy (non-hydrogen) atoms. The molecule has 3 rings (SSSR count). The first-order valence-electron chi connectivity index (χ1n) is 10.4. The van der Waals surface area contributed by atoms with Gasteiger partial charge in [0, 0.05) is 32.0 Å². The molecule has 2 aliphatic heterocycles. The maximum absolute atomic E-state index is 11.7. The summed E-state index contributed by atoms with van der Waals surface area (Å²) in [6.45, 7) is 4.68. The highest BCUT2D eigenvalue weighted by atomic mass is 127. The molecule has 8 nitrogen and oxygen atoms in total. The van der Waals surface area contributed by atoms with E-state index in [1.165, 1.54) is 25.7 Å². The van der Waals surface area contributed by atoms with E-state index in [-0.39, 0.29) is 48.0 Å². The first kappa shape index (κ1) is 23.5. The second-order valence-electron chi connectivity index (χ2n) is 7.71. The lowest BCUT2D eigenvalue weighted by molar-refractivity contribution is -0.174. The van der Waals surface area contributed by atoms with Gasteiger partial charge < -0.3 is 30.2 Å².